The molecule has 1 amide bonds. The van der Waals surface area contributed by atoms with Crippen LogP contribution in [0.1, 0.15) is 23.1 Å². The molecule has 0 fully saturated rings. The van der Waals surface area contributed by atoms with E-state index in [2.05, 4.69) is 17.9 Å². The lowest BCUT2D eigenvalue weighted by Crippen LogP contribution is -2.29. The minimum Gasteiger partial charge on any atom is -0.274 e. The summed E-state index contributed by atoms with van der Waals surface area (Å²) in [7, 11) is 0. The van der Waals surface area contributed by atoms with Crippen LogP contribution >= 0.6 is 0 Å². The fourth-order valence-electron chi connectivity index (χ4n) is 2.92. The third-order valence-electron chi connectivity index (χ3n) is 3.90. The number of anilines is 1. The molecule has 0 atom stereocenters. The zero-order valence-electron chi connectivity index (χ0n) is 11.0. The van der Waals surface area contributed by atoms with E-state index in [1.54, 1.807) is 0 Å². The van der Waals surface area contributed by atoms with Gasteiger partial charge in [-0.3, -0.25) is 9.69 Å². The molecule has 0 aromatic heterocycles. The number of carbonyl (C=O) groups excluding carboxylic acids is 1. The van der Waals surface area contributed by atoms with Gasteiger partial charge >= 0.3 is 0 Å². The number of fused-ring (bicyclic) bond motifs is 5. The Kier molecular flexibility index (Phi) is 2.38. The Labute approximate surface area is 117 Å². The Morgan fingerprint density at radius 2 is 1.75 bits per heavy atom. The summed E-state index contributed by atoms with van der Waals surface area (Å²) in [6.07, 6.45) is 3.30. The number of hydrogen-bond acceptors (Lipinski definition) is 1. The van der Waals surface area contributed by atoms with Crippen molar-refractivity contribution in [3.8, 4) is 0 Å². The molecular weight excluding hydrogens is 246 g/mol. The maximum atomic E-state index is 12.5. The Hall–Kier alpha value is -2.57. The van der Waals surface area contributed by atoms with E-state index in [0.29, 0.717) is 6.42 Å². The summed E-state index contributed by atoms with van der Waals surface area (Å²) in [6, 6.07) is 16.2. The third kappa shape index (κ3) is 1.56. The third-order valence-corrected chi connectivity index (χ3v) is 3.90. The van der Waals surface area contributed by atoms with Crippen LogP contribution < -0.4 is 4.90 Å². The van der Waals surface area contributed by atoms with Gasteiger partial charge in [-0.05, 0) is 24.1 Å². The van der Waals surface area contributed by atoms with Crippen LogP contribution in [-0.4, -0.2) is 5.91 Å². The number of benzene rings is 2. The second-order valence-electron chi connectivity index (χ2n) is 5.08. The molecule has 2 aromatic carbocycles. The van der Waals surface area contributed by atoms with E-state index in [9.17, 15) is 4.79 Å². The number of hydrogen-bond donors (Lipinski definition) is 0. The largest absolute Gasteiger partial charge is 0.274 e. The van der Waals surface area contributed by atoms with Crippen LogP contribution in [0.25, 0.3) is 11.8 Å². The monoisotopic (exact) mass is 259 g/mol. The molecule has 4 rings (SSSR count). The molecule has 0 bridgehead atoms. The topological polar surface area (TPSA) is 20.3 Å². The lowest BCUT2D eigenvalue weighted by Gasteiger charge is -2.26. The summed E-state index contributed by atoms with van der Waals surface area (Å²) in [5.74, 6) is 0.143. The second-order valence-corrected chi connectivity index (χ2v) is 5.08. The van der Waals surface area contributed by atoms with Gasteiger partial charge in [0.25, 0.3) is 0 Å². The first-order valence-electron chi connectivity index (χ1n) is 6.81. The number of rotatable bonds is 0. The zero-order chi connectivity index (χ0) is 13.5. The van der Waals surface area contributed by atoms with Crippen LogP contribution in [0.5, 0.6) is 0 Å². The summed E-state index contributed by atoms with van der Waals surface area (Å²) < 4.78 is 0. The van der Waals surface area contributed by atoms with Crippen molar-refractivity contribution in [1.82, 2.24) is 0 Å². The number of aryl methyl sites for hydroxylation is 1. The molecule has 0 unspecified atom stereocenters. The van der Waals surface area contributed by atoms with E-state index in [0.717, 1.165) is 28.9 Å². The highest BCUT2D eigenvalue weighted by Crippen LogP contribution is 2.36. The van der Waals surface area contributed by atoms with Crippen molar-refractivity contribution in [3.63, 3.8) is 0 Å². The molecule has 2 heterocycles. The highest BCUT2D eigenvalue weighted by molar-refractivity contribution is 6.10. The molecule has 2 heteroatoms. The summed E-state index contributed by atoms with van der Waals surface area (Å²) in [4.78, 5) is 14.4. The first kappa shape index (κ1) is 11.3. The van der Waals surface area contributed by atoms with Crippen molar-refractivity contribution in [2.45, 2.75) is 12.8 Å². The first-order chi connectivity index (χ1) is 9.84. The predicted molar refractivity (Wildman–Crippen MR) is 80.1 cm³/mol. The average molecular weight is 259 g/mol. The molecule has 20 heavy (non-hydrogen) atoms. The summed E-state index contributed by atoms with van der Waals surface area (Å²) in [5.41, 5.74) is 8.52. The highest BCUT2D eigenvalue weighted by Gasteiger charge is 2.28. The number of para-hydroxylation sites is 1. The van der Waals surface area contributed by atoms with E-state index in [1.807, 2.05) is 47.4 Å². The normalized spacial score (nSPS) is 15.9. The van der Waals surface area contributed by atoms with Gasteiger partial charge in [-0.15, -0.1) is 0 Å². The number of carbonyl (C=O) groups is 1. The van der Waals surface area contributed by atoms with E-state index in [4.69, 9.17) is 0 Å². The van der Waals surface area contributed by atoms with Gasteiger partial charge in [0.1, 0.15) is 0 Å². The molecule has 0 saturated heterocycles. The van der Waals surface area contributed by atoms with Crippen LogP contribution in [0.15, 0.2) is 54.3 Å². The quantitative estimate of drug-likeness (QED) is 0.661. The van der Waals surface area contributed by atoms with Gasteiger partial charge in [-0.1, -0.05) is 48.2 Å². The fourth-order valence-corrected chi connectivity index (χ4v) is 2.92. The van der Waals surface area contributed by atoms with E-state index in [-0.39, 0.29) is 5.91 Å². The molecule has 96 valence electrons. The molecule has 0 spiro atoms. The van der Waals surface area contributed by atoms with Crippen LogP contribution in [-0.2, 0) is 11.2 Å². The maximum Gasteiger partial charge on any atom is 0.232 e. The minimum absolute atomic E-state index is 0.143. The molecule has 2 nitrogen and oxygen atoms in total. The van der Waals surface area contributed by atoms with E-state index >= 15 is 0 Å². The molecule has 0 saturated carbocycles. The van der Waals surface area contributed by atoms with Crippen molar-refractivity contribution < 1.29 is 4.79 Å². The van der Waals surface area contributed by atoms with Crippen molar-refractivity contribution >= 4 is 23.4 Å². The Morgan fingerprint density at radius 1 is 0.950 bits per heavy atom. The van der Waals surface area contributed by atoms with Gasteiger partial charge < -0.3 is 0 Å². The Balaban J connectivity index is 2.01. The van der Waals surface area contributed by atoms with Gasteiger partial charge in [0.2, 0.25) is 5.91 Å². The smallest absolute Gasteiger partial charge is 0.232 e. The Bertz CT molecular complexity index is 782. The van der Waals surface area contributed by atoms with E-state index in [1.165, 1.54) is 5.56 Å². The van der Waals surface area contributed by atoms with Crippen LogP contribution in [0.3, 0.4) is 0 Å². The number of nitrogens with zero attached hydrogens (tertiary/aromatic N) is 1. The van der Waals surface area contributed by atoms with Gasteiger partial charge in [-0.25, -0.2) is 0 Å². The van der Waals surface area contributed by atoms with Crippen molar-refractivity contribution in [1.29, 1.82) is 0 Å². The van der Waals surface area contributed by atoms with Gasteiger partial charge in [0.05, 0.1) is 11.4 Å². The van der Waals surface area contributed by atoms with Gasteiger partial charge in [0.15, 0.2) is 0 Å². The molecule has 2 aliphatic rings. The molecule has 2 aromatic rings. The van der Waals surface area contributed by atoms with Crippen molar-refractivity contribution in [2.75, 3.05) is 4.90 Å². The molecular formula is C18H13NO. The van der Waals surface area contributed by atoms with E-state index < -0.39 is 0 Å². The summed E-state index contributed by atoms with van der Waals surface area (Å²) >= 11 is 0. The maximum absolute atomic E-state index is 12.5. The highest BCUT2D eigenvalue weighted by atomic mass is 16.2. The minimum atomic E-state index is 0.143. The SMILES string of the molecule is O=C1CCc2ccccc2C2=C=Cc3ccccc3N12. The second kappa shape index (κ2) is 4.22. The zero-order valence-corrected chi connectivity index (χ0v) is 11.0. The Morgan fingerprint density at radius 3 is 2.70 bits per heavy atom. The van der Waals surface area contributed by atoms with Crippen LogP contribution in [0, 0.1) is 0 Å². The molecule has 2 aliphatic heterocycles. The lowest BCUT2D eigenvalue weighted by molar-refractivity contribution is -0.117. The van der Waals surface area contributed by atoms with Gasteiger partial charge in [-0.2, -0.15) is 0 Å². The van der Waals surface area contributed by atoms with Crippen LogP contribution in [0.2, 0.25) is 0 Å². The van der Waals surface area contributed by atoms with Crippen molar-refractivity contribution in [2.24, 2.45) is 0 Å². The standard InChI is InChI=1S/C18H13NO/c20-18-12-10-13-5-1-3-7-15(13)17-11-9-14-6-2-4-8-16(14)19(17)18/h1-9H,10,12H2. The molecule has 0 aliphatic carbocycles. The predicted octanol–water partition coefficient (Wildman–Crippen LogP) is 3.63. The van der Waals surface area contributed by atoms with Gasteiger partial charge in [0, 0.05) is 17.5 Å². The molecule has 0 N–H and O–H groups in total. The first-order valence-corrected chi connectivity index (χ1v) is 6.81. The molecule has 0 radical (unpaired) electrons. The lowest BCUT2D eigenvalue weighted by atomic mass is 10.0. The number of amides is 1. The average Bonchev–Trinajstić information content (AvgIpc) is 2.65. The fraction of sp³-hybridized carbons (Fsp3) is 0.111. The van der Waals surface area contributed by atoms with Crippen LogP contribution in [0.4, 0.5) is 5.69 Å². The summed E-state index contributed by atoms with van der Waals surface area (Å²) in [6.45, 7) is 0. The summed E-state index contributed by atoms with van der Waals surface area (Å²) in [5, 5.41) is 0. The van der Waals surface area contributed by atoms with Crippen molar-refractivity contribution in [3.05, 3.63) is 71.0 Å².